The Kier molecular flexibility index (Phi) is 3.62. The van der Waals surface area contributed by atoms with Gasteiger partial charge >= 0.3 is 0 Å². The minimum Gasteiger partial charge on any atom is -0.493 e. The largest absolute Gasteiger partial charge is 0.493 e. The Labute approximate surface area is 91.2 Å². The summed E-state index contributed by atoms with van der Waals surface area (Å²) in [6, 6.07) is 9.97. The molecular formula is C13H18O2. The van der Waals surface area contributed by atoms with Crippen LogP contribution in [-0.2, 0) is 4.74 Å². The van der Waals surface area contributed by atoms with Crippen LogP contribution in [0.15, 0.2) is 30.3 Å². The van der Waals surface area contributed by atoms with E-state index < -0.39 is 0 Å². The van der Waals surface area contributed by atoms with Crippen LogP contribution < -0.4 is 4.74 Å². The van der Waals surface area contributed by atoms with Gasteiger partial charge in [0.1, 0.15) is 5.75 Å². The number of hydrogen-bond acceptors (Lipinski definition) is 2. The van der Waals surface area contributed by atoms with Crippen molar-refractivity contribution in [1.82, 2.24) is 0 Å². The highest BCUT2D eigenvalue weighted by Crippen LogP contribution is 2.19. The monoisotopic (exact) mass is 206 g/mol. The zero-order valence-electron chi connectivity index (χ0n) is 9.19. The van der Waals surface area contributed by atoms with Gasteiger partial charge in [0, 0.05) is 5.92 Å². The zero-order chi connectivity index (χ0) is 10.5. The van der Waals surface area contributed by atoms with Crippen LogP contribution in [0.1, 0.15) is 19.8 Å². The van der Waals surface area contributed by atoms with Gasteiger partial charge in [0.15, 0.2) is 0 Å². The van der Waals surface area contributed by atoms with Gasteiger partial charge in [0.25, 0.3) is 0 Å². The molecule has 0 saturated carbocycles. The van der Waals surface area contributed by atoms with Crippen LogP contribution in [-0.4, -0.2) is 19.3 Å². The van der Waals surface area contributed by atoms with Crippen LogP contribution in [0.5, 0.6) is 5.75 Å². The summed E-state index contributed by atoms with van der Waals surface area (Å²) in [5.41, 5.74) is 0. The Morgan fingerprint density at radius 3 is 2.73 bits per heavy atom. The molecule has 1 aliphatic heterocycles. The molecule has 2 heteroatoms. The molecule has 15 heavy (non-hydrogen) atoms. The van der Waals surface area contributed by atoms with Gasteiger partial charge in [-0.2, -0.15) is 0 Å². The SMILES string of the molecule is CC1CCC(COc2ccccc2)CO1. The molecule has 1 heterocycles. The molecule has 0 spiro atoms. The van der Waals surface area contributed by atoms with E-state index >= 15 is 0 Å². The second kappa shape index (κ2) is 5.17. The summed E-state index contributed by atoms with van der Waals surface area (Å²) in [5, 5.41) is 0. The maximum Gasteiger partial charge on any atom is 0.119 e. The average molecular weight is 206 g/mol. The quantitative estimate of drug-likeness (QED) is 0.757. The predicted molar refractivity (Wildman–Crippen MR) is 60.1 cm³/mol. The van der Waals surface area contributed by atoms with Crippen LogP contribution in [0.25, 0.3) is 0 Å². The normalized spacial score (nSPS) is 26.2. The molecule has 1 aliphatic rings. The van der Waals surface area contributed by atoms with Gasteiger partial charge in [-0.3, -0.25) is 0 Å². The summed E-state index contributed by atoms with van der Waals surface area (Å²) >= 11 is 0. The lowest BCUT2D eigenvalue weighted by Gasteiger charge is -2.26. The Balaban J connectivity index is 1.74. The van der Waals surface area contributed by atoms with Crippen molar-refractivity contribution in [2.45, 2.75) is 25.9 Å². The molecule has 0 amide bonds. The van der Waals surface area contributed by atoms with E-state index in [1.807, 2.05) is 30.3 Å². The second-order valence-corrected chi connectivity index (χ2v) is 4.21. The smallest absolute Gasteiger partial charge is 0.119 e. The van der Waals surface area contributed by atoms with Crippen molar-refractivity contribution in [2.24, 2.45) is 5.92 Å². The lowest BCUT2D eigenvalue weighted by Crippen LogP contribution is -2.27. The van der Waals surface area contributed by atoms with Crippen molar-refractivity contribution >= 4 is 0 Å². The topological polar surface area (TPSA) is 18.5 Å². The van der Waals surface area contributed by atoms with Crippen molar-refractivity contribution in [3.63, 3.8) is 0 Å². The molecule has 2 atom stereocenters. The van der Waals surface area contributed by atoms with Crippen molar-refractivity contribution in [3.8, 4) is 5.75 Å². The first-order chi connectivity index (χ1) is 7.34. The average Bonchev–Trinajstić information content (AvgIpc) is 2.30. The van der Waals surface area contributed by atoms with Gasteiger partial charge < -0.3 is 9.47 Å². The van der Waals surface area contributed by atoms with Crippen LogP contribution in [0.4, 0.5) is 0 Å². The van der Waals surface area contributed by atoms with Gasteiger partial charge in [0.05, 0.1) is 19.3 Å². The molecule has 0 radical (unpaired) electrons. The lowest BCUT2D eigenvalue weighted by molar-refractivity contribution is -0.0171. The Morgan fingerprint density at radius 2 is 2.07 bits per heavy atom. The van der Waals surface area contributed by atoms with E-state index in [2.05, 4.69) is 6.92 Å². The maximum absolute atomic E-state index is 5.70. The predicted octanol–water partition coefficient (Wildman–Crippen LogP) is 2.88. The summed E-state index contributed by atoms with van der Waals surface area (Å²) < 4.78 is 11.3. The van der Waals surface area contributed by atoms with E-state index in [4.69, 9.17) is 9.47 Å². The summed E-state index contributed by atoms with van der Waals surface area (Å²) in [6.07, 6.45) is 2.80. The molecule has 1 saturated heterocycles. The van der Waals surface area contributed by atoms with Gasteiger partial charge in [-0.25, -0.2) is 0 Å². The molecule has 82 valence electrons. The third kappa shape index (κ3) is 3.24. The van der Waals surface area contributed by atoms with E-state index in [0.717, 1.165) is 25.4 Å². The molecular weight excluding hydrogens is 188 g/mol. The molecule has 1 fully saturated rings. The molecule has 1 aromatic rings. The van der Waals surface area contributed by atoms with Crippen molar-refractivity contribution in [1.29, 1.82) is 0 Å². The highest BCUT2D eigenvalue weighted by Gasteiger charge is 2.18. The highest BCUT2D eigenvalue weighted by molar-refractivity contribution is 5.20. The molecule has 0 aromatic heterocycles. The summed E-state index contributed by atoms with van der Waals surface area (Å²) in [7, 11) is 0. The van der Waals surface area contributed by atoms with Crippen molar-refractivity contribution in [3.05, 3.63) is 30.3 Å². The van der Waals surface area contributed by atoms with Crippen LogP contribution in [0.2, 0.25) is 0 Å². The van der Waals surface area contributed by atoms with E-state index in [-0.39, 0.29) is 0 Å². The molecule has 2 rings (SSSR count). The van der Waals surface area contributed by atoms with Gasteiger partial charge in [-0.15, -0.1) is 0 Å². The summed E-state index contributed by atoms with van der Waals surface area (Å²) in [4.78, 5) is 0. The summed E-state index contributed by atoms with van der Waals surface area (Å²) in [5.74, 6) is 1.51. The minimum absolute atomic E-state index is 0.429. The number of hydrogen-bond donors (Lipinski definition) is 0. The third-order valence-corrected chi connectivity index (χ3v) is 2.83. The molecule has 2 unspecified atom stereocenters. The van der Waals surface area contributed by atoms with Crippen LogP contribution in [0.3, 0.4) is 0 Å². The molecule has 2 nitrogen and oxygen atoms in total. The third-order valence-electron chi connectivity index (χ3n) is 2.83. The fourth-order valence-electron chi connectivity index (χ4n) is 1.80. The summed E-state index contributed by atoms with van der Waals surface area (Å²) in [6.45, 7) is 3.75. The molecule has 0 N–H and O–H groups in total. The van der Waals surface area contributed by atoms with Gasteiger partial charge in [-0.05, 0) is 31.9 Å². The standard InChI is InChI=1S/C13H18O2/c1-11-7-8-12(9-14-11)10-15-13-5-3-2-4-6-13/h2-6,11-12H,7-10H2,1H3. The zero-order valence-corrected chi connectivity index (χ0v) is 9.19. The fourth-order valence-corrected chi connectivity index (χ4v) is 1.80. The second-order valence-electron chi connectivity index (χ2n) is 4.21. The maximum atomic E-state index is 5.70. The van der Waals surface area contributed by atoms with E-state index in [0.29, 0.717) is 12.0 Å². The molecule has 0 bridgehead atoms. The first-order valence-electron chi connectivity index (χ1n) is 5.64. The van der Waals surface area contributed by atoms with Gasteiger partial charge in [0.2, 0.25) is 0 Å². The molecule has 0 aliphatic carbocycles. The minimum atomic E-state index is 0.429. The highest BCUT2D eigenvalue weighted by atomic mass is 16.5. The van der Waals surface area contributed by atoms with Crippen molar-refractivity contribution in [2.75, 3.05) is 13.2 Å². The van der Waals surface area contributed by atoms with E-state index in [1.54, 1.807) is 0 Å². The lowest BCUT2D eigenvalue weighted by atomic mass is 10.00. The number of ether oxygens (including phenoxy) is 2. The fraction of sp³-hybridized carbons (Fsp3) is 0.538. The Hall–Kier alpha value is -1.02. The van der Waals surface area contributed by atoms with Crippen LogP contribution >= 0.6 is 0 Å². The van der Waals surface area contributed by atoms with Crippen LogP contribution in [0, 0.1) is 5.92 Å². The van der Waals surface area contributed by atoms with Gasteiger partial charge in [-0.1, -0.05) is 18.2 Å². The Bertz CT molecular complexity index is 276. The number of para-hydroxylation sites is 1. The van der Waals surface area contributed by atoms with E-state index in [9.17, 15) is 0 Å². The molecule has 1 aromatic carbocycles. The first kappa shape index (κ1) is 10.5. The van der Waals surface area contributed by atoms with Crippen molar-refractivity contribution < 1.29 is 9.47 Å². The Morgan fingerprint density at radius 1 is 1.27 bits per heavy atom. The number of benzene rings is 1. The van der Waals surface area contributed by atoms with E-state index in [1.165, 1.54) is 6.42 Å². The first-order valence-corrected chi connectivity index (χ1v) is 5.64. The number of rotatable bonds is 3.